The molecule has 3 heteroatoms. The van der Waals surface area contributed by atoms with Crippen LogP contribution in [0.1, 0.15) is 18.1 Å². The Balaban J connectivity index is 2.79. The first-order valence-electron chi connectivity index (χ1n) is 5.17. The zero-order valence-corrected chi connectivity index (χ0v) is 10.5. The van der Waals surface area contributed by atoms with Crippen molar-refractivity contribution in [2.24, 2.45) is 0 Å². The van der Waals surface area contributed by atoms with Gasteiger partial charge in [0.1, 0.15) is 5.75 Å². The van der Waals surface area contributed by atoms with Gasteiger partial charge in [-0.25, -0.2) is 0 Å². The van der Waals surface area contributed by atoms with Crippen LogP contribution in [-0.2, 0) is 12.3 Å². The van der Waals surface area contributed by atoms with Gasteiger partial charge >= 0.3 is 0 Å². The van der Waals surface area contributed by atoms with E-state index in [-0.39, 0.29) is 0 Å². The van der Waals surface area contributed by atoms with E-state index in [2.05, 4.69) is 36.7 Å². The monoisotopic (exact) mass is 225 g/mol. The lowest BCUT2D eigenvalue weighted by Crippen LogP contribution is -2.11. The SMILES string of the molecule is CCNCc1ccc(OC)c(CSC)c1. The first-order valence-corrected chi connectivity index (χ1v) is 6.56. The first-order chi connectivity index (χ1) is 7.31. The van der Waals surface area contributed by atoms with E-state index in [1.807, 2.05) is 11.8 Å². The highest BCUT2D eigenvalue weighted by Crippen LogP contribution is 2.23. The molecule has 0 spiro atoms. The molecule has 0 aliphatic rings. The normalized spacial score (nSPS) is 10.3. The van der Waals surface area contributed by atoms with Gasteiger partial charge in [-0.3, -0.25) is 0 Å². The number of ether oxygens (including phenoxy) is 1. The van der Waals surface area contributed by atoms with E-state index in [0.29, 0.717) is 0 Å². The maximum Gasteiger partial charge on any atom is 0.122 e. The first kappa shape index (κ1) is 12.4. The van der Waals surface area contributed by atoms with Crippen LogP contribution >= 0.6 is 11.8 Å². The molecule has 0 aromatic heterocycles. The molecule has 1 rings (SSSR count). The minimum Gasteiger partial charge on any atom is -0.496 e. The van der Waals surface area contributed by atoms with Crippen molar-refractivity contribution in [1.82, 2.24) is 5.32 Å². The molecule has 0 atom stereocenters. The second kappa shape index (κ2) is 6.75. The Morgan fingerprint density at radius 2 is 2.20 bits per heavy atom. The third kappa shape index (κ3) is 3.76. The Hall–Kier alpha value is -0.670. The molecule has 0 saturated carbocycles. The highest BCUT2D eigenvalue weighted by atomic mass is 32.2. The fourth-order valence-electron chi connectivity index (χ4n) is 1.48. The topological polar surface area (TPSA) is 21.3 Å². The standard InChI is InChI=1S/C12H19NOS/c1-4-13-8-10-5-6-12(14-2)11(7-10)9-15-3/h5-7,13H,4,8-9H2,1-3H3. The van der Waals surface area contributed by atoms with E-state index in [9.17, 15) is 0 Å². The van der Waals surface area contributed by atoms with Crippen molar-refractivity contribution in [2.75, 3.05) is 19.9 Å². The number of nitrogens with one attached hydrogen (secondary N) is 1. The molecule has 15 heavy (non-hydrogen) atoms. The van der Waals surface area contributed by atoms with Crippen LogP contribution in [0, 0.1) is 0 Å². The molecule has 0 radical (unpaired) electrons. The van der Waals surface area contributed by atoms with Crippen molar-refractivity contribution in [1.29, 1.82) is 0 Å². The van der Waals surface area contributed by atoms with Crippen molar-refractivity contribution < 1.29 is 4.74 Å². The Morgan fingerprint density at radius 1 is 1.40 bits per heavy atom. The van der Waals surface area contributed by atoms with Crippen LogP contribution in [0.5, 0.6) is 5.75 Å². The van der Waals surface area contributed by atoms with Gasteiger partial charge in [0.2, 0.25) is 0 Å². The van der Waals surface area contributed by atoms with Gasteiger partial charge in [0.25, 0.3) is 0 Å². The van der Waals surface area contributed by atoms with Gasteiger partial charge in [-0.2, -0.15) is 11.8 Å². The number of thioether (sulfide) groups is 1. The molecule has 0 bridgehead atoms. The van der Waals surface area contributed by atoms with Crippen LogP contribution in [0.4, 0.5) is 0 Å². The highest BCUT2D eigenvalue weighted by Gasteiger charge is 2.03. The number of benzene rings is 1. The van der Waals surface area contributed by atoms with Crippen molar-refractivity contribution in [3.05, 3.63) is 29.3 Å². The Bertz CT molecular complexity index is 302. The average molecular weight is 225 g/mol. The van der Waals surface area contributed by atoms with Crippen LogP contribution < -0.4 is 10.1 Å². The minimum atomic E-state index is 0.932. The molecular formula is C12H19NOS. The average Bonchev–Trinajstić information content (AvgIpc) is 2.27. The van der Waals surface area contributed by atoms with Crippen LogP contribution in [-0.4, -0.2) is 19.9 Å². The van der Waals surface area contributed by atoms with Crippen molar-refractivity contribution in [3.63, 3.8) is 0 Å². The summed E-state index contributed by atoms with van der Waals surface area (Å²) in [5.74, 6) is 1.99. The molecule has 0 amide bonds. The zero-order valence-electron chi connectivity index (χ0n) is 9.67. The molecule has 0 heterocycles. The molecule has 1 aromatic carbocycles. The van der Waals surface area contributed by atoms with Gasteiger partial charge in [-0.05, 0) is 30.5 Å². The summed E-state index contributed by atoms with van der Waals surface area (Å²) in [7, 11) is 1.73. The van der Waals surface area contributed by atoms with Crippen molar-refractivity contribution in [3.8, 4) is 5.75 Å². The number of hydrogen-bond donors (Lipinski definition) is 1. The van der Waals surface area contributed by atoms with E-state index >= 15 is 0 Å². The third-order valence-corrected chi connectivity index (χ3v) is 2.82. The summed E-state index contributed by atoms with van der Waals surface area (Å²) < 4.78 is 5.32. The van der Waals surface area contributed by atoms with Gasteiger partial charge in [-0.1, -0.05) is 13.0 Å². The van der Waals surface area contributed by atoms with E-state index in [1.54, 1.807) is 7.11 Å². The maximum atomic E-state index is 5.32. The fraction of sp³-hybridized carbons (Fsp3) is 0.500. The molecule has 84 valence electrons. The van der Waals surface area contributed by atoms with Crippen LogP contribution in [0.25, 0.3) is 0 Å². The quantitative estimate of drug-likeness (QED) is 0.804. The van der Waals surface area contributed by atoms with Crippen molar-refractivity contribution >= 4 is 11.8 Å². The lowest BCUT2D eigenvalue weighted by atomic mass is 10.1. The molecule has 0 saturated heterocycles. The zero-order chi connectivity index (χ0) is 11.1. The summed E-state index contributed by atoms with van der Waals surface area (Å²) in [4.78, 5) is 0. The predicted molar refractivity (Wildman–Crippen MR) is 67.6 cm³/mol. The second-order valence-corrected chi connectivity index (χ2v) is 4.23. The second-order valence-electron chi connectivity index (χ2n) is 3.36. The minimum absolute atomic E-state index is 0.932. The Labute approximate surface area is 96.4 Å². The summed E-state index contributed by atoms with van der Waals surface area (Å²) >= 11 is 1.82. The maximum absolute atomic E-state index is 5.32. The largest absolute Gasteiger partial charge is 0.496 e. The summed E-state index contributed by atoms with van der Waals surface area (Å²) in [6.45, 7) is 4.05. The molecule has 0 fully saturated rings. The van der Waals surface area contributed by atoms with E-state index in [4.69, 9.17) is 4.74 Å². The number of methoxy groups -OCH3 is 1. The van der Waals surface area contributed by atoms with Gasteiger partial charge < -0.3 is 10.1 Å². The van der Waals surface area contributed by atoms with E-state index < -0.39 is 0 Å². The molecule has 1 aromatic rings. The summed E-state index contributed by atoms with van der Waals surface area (Å²) in [5, 5.41) is 3.32. The van der Waals surface area contributed by atoms with Crippen LogP contribution in [0.15, 0.2) is 18.2 Å². The molecule has 0 aliphatic carbocycles. The summed E-state index contributed by atoms with van der Waals surface area (Å²) in [6.07, 6.45) is 2.11. The lowest BCUT2D eigenvalue weighted by Gasteiger charge is -2.10. The van der Waals surface area contributed by atoms with Gasteiger partial charge in [0, 0.05) is 17.9 Å². The Morgan fingerprint density at radius 3 is 2.80 bits per heavy atom. The van der Waals surface area contributed by atoms with Gasteiger partial charge in [0.05, 0.1) is 7.11 Å². The number of hydrogen-bond acceptors (Lipinski definition) is 3. The third-order valence-electron chi connectivity index (χ3n) is 2.22. The molecule has 1 N–H and O–H groups in total. The fourth-order valence-corrected chi connectivity index (χ4v) is 2.02. The van der Waals surface area contributed by atoms with Gasteiger partial charge in [-0.15, -0.1) is 0 Å². The lowest BCUT2D eigenvalue weighted by molar-refractivity contribution is 0.411. The molecule has 2 nitrogen and oxygen atoms in total. The highest BCUT2D eigenvalue weighted by molar-refractivity contribution is 7.97. The molecule has 0 unspecified atom stereocenters. The molecular weight excluding hydrogens is 206 g/mol. The van der Waals surface area contributed by atoms with Crippen LogP contribution in [0.2, 0.25) is 0 Å². The van der Waals surface area contributed by atoms with E-state index in [0.717, 1.165) is 24.6 Å². The number of rotatable bonds is 6. The van der Waals surface area contributed by atoms with Gasteiger partial charge in [0.15, 0.2) is 0 Å². The Kier molecular flexibility index (Phi) is 5.58. The molecule has 0 aliphatic heterocycles. The predicted octanol–water partition coefficient (Wildman–Crippen LogP) is 2.67. The van der Waals surface area contributed by atoms with E-state index in [1.165, 1.54) is 11.1 Å². The van der Waals surface area contributed by atoms with Crippen LogP contribution in [0.3, 0.4) is 0 Å². The summed E-state index contributed by atoms with van der Waals surface area (Å²) in [6, 6.07) is 6.39. The summed E-state index contributed by atoms with van der Waals surface area (Å²) in [5.41, 5.74) is 2.60. The smallest absolute Gasteiger partial charge is 0.122 e. The van der Waals surface area contributed by atoms with Crippen molar-refractivity contribution in [2.45, 2.75) is 19.2 Å².